The first kappa shape index (κ1) is 19.9. The quantitative estimate of drug-likeness (QED) is 0.332. The lowest BCUT2D eigenvalue weighted by Gasteiger charge is -2.07. The Morgan fingerprint density at radius 2 is 1.72 bits per heavy atom. The maximum absolute atomic E-state index is 12.2. The Hall–Kier alpha value is -3.86. The van der Waals surface area contributed by atoms with Crippen molar-refractivity contribution >= 4 is 12.1 Å². The normalized spacial score (nSPS) is 10.5. The molecule has 0 saturated heterocycles. The maximum Gasteiger partial charge on any atom is 0.271 e. The molecule has 0 spiro atoms. The van der Waals surface area contributed by atoms with Crippen LogP contribution in [0.25, 0.3) is 0 Å². The van der Waals surface area contributed by atoms with Crippen LogP contribution in [0.4, 0.5) is 0 Å². The molecule has 0 unspecified atom stereocenters. The summed E-state index contributed by atoms with van der Waals surface area (Å²) in [5, 5.41) is 4.02. The lowest BCUT2D eigenvalue weighted by molar-refractivity contribution is 0.0955. The van der Waals surface area contributed by atoms with Gasteiger partial charge in [-0.2, -0.15) is 5.10 Å². The molecule has 146 valence electrons. The summed E-state index contributed by atoms with van der Waals surface area (Å²) < 4.78 is 11.2. The van der Waals surface area contributed by atoms with E-state index < -0.39 is 0 Å². The van der Waals surface area contributed by atoms with Crippen molar-refractivity contribution in [2.24, 2.45) is 5.10 Å². The van der Waals surface area contributed by atoms with Gasteiger partial charge in [0.15, 0.2) is 0 Å². The van der Waals surface area contributed by atoms with Crippen LogP contribution in [0.1, 0.15) is 21.5 Å². The van der Waals surface area contributed by atoms with E-state index in [2.05, 4.69) is 17.1 Å². The third kappa shape index (κ3) is 6.36. The molecule has 3 rings (SSSR count). The molecule has 1 N–H and O–H groups in total. The summed E-state index contributed by atoms with van der Waals surface area (Å²) in [6.45, 7) is 4.51. The van der Waals surface area contributed by atoms with Crippen LogP contribution in [0.5, 0.6) is 11.5 Å². The number of amides is 1. The third-order valence-electron chi connectivity index (χ3n) is 3.97. The Labute approximate surface area is 170 Å². The molecule has 5 nitrogen and oxygen atoms in total. The van der Waals surface area contributed by atoms with E-state index in [9.17, 15) is 4.79 Å². The van der Waals surface area contributed by atoms with Crippen LogP contribution in [0.2, 0.25) is 0 Å². The van der Waals surface area contributed by atoms with Crippen molar-refractivity contribution in [3.63, 3.8) is 0 Å². The van der Waals surface area contributed by atoms with Crippen molar-refractivity contribution in [3.8, 4) is 11.5 Å². The molecule has 1 amide bonds. The molecule has 0 atom stereocenters. The summed E-state index contributed by atoms with van der Waals surface area (Å²) in [5.74, 6) is 1.12. The SMILES string of the molecule is C=CCOc1ccc(C(=O)N/N=C\c2cccc(OCc3ccccc3)c2)cc1. The number of nitrogens with one attached hydrogen (secondary N) is 1. The highest BCUT2D eigenvalue weighted by Gasteiger charge is 2.04. The summed E-state index contributed by atoms with van der Waals surface area (Å²) in [6.07, 6.45) is 3.24. The Morgan fingerprint density at radius 1 is 0.931 bits per heavy atom. The summed E-state index contributed by atoms with van der Waals surface area (Å²) in [7, 11) is 0. The first-order valence-corrected chi connectivity index (χ1v) is 9.18. The number of hydrazone groups is 1. The summed E-state index contributed by atoms with van der Waals surface area (Å²) in [4.78, 5) is 12.2. The van der Waals surface area contributed by atoms with Crippen molar-refractivity contribution in [1.82, 2.24) is 5.43 Å². The van der Waals surface area contributed by atoms with Gasteiger partial charge >= 0.3 is 0 Å². The van der Waals surface area contributed by atoms with Gasteiger partial charge in [-0.3, -0.25) is 4.79 Å². The third-order valence-corrected chi connectivity index (χ3v) is 3.97. The predicted molar refractivity (Wildman–Crippen MR) is 114 cm³/mol. The number of hydrogen-bond donors (Lipinski definition) is 1. The molecule has 0 aliphatic heterocycles. The largest absolute Gasteiger partial charge is 0.490 e. The van der Waals surface area contributed by atoms with Crippen LogP contribution in [0.3, 0.4) is 0 Å². The van der Waals surface area contributed by atoms with Crippen LogP contribution >= 0.6 is 0 Å². The summed E-state index contributed by atoms with van der Waals surface area (Å²) >= 11 is 0. The maximum atomic E-state index is 12.2. The zero-order valence-electron chi connectivity index (χ0n) is 16.0. The average molecular weight is 386 g/mol. The first-order chi connectivity index (χ1) is 14.2. The van der Waals surface area contributed by atoms with Crippen molar-refractivity contribution in [2.75, 3.05) is 6.61 Å². The number of carbonyl (C=O) groups is 1. The molecule has 3 aromatic rings. The lowest BCUT2D eigenvalue weighted by atomic mass is 10.2. The Kier molecular flexibility index (Phi) is 7.18. The van der Waals surface area contributed by atoms with E-state index in [0.717, 1.165) is 16.9 Å². The number of hydrogen-bond acceptors (Lipinski definition) is 4. The fourth-order valence-electron chi connectivity index (χ4n) is 2.51. The molecule has 0 aromatic heterocycles. The van der Waals surface area contributed by atoms with E-state index in [4.69, 9.17) is 9.47 Å². The van der Waals surface area contributed by atoms with Gasteiger partial charge < -0.3 is 9.47 Å². The fourth-order valence-corrected chi connectivity index (χ4v) is 2.51. The Morgan fingerprint density at radius 3 is 2.48 bits per heavy atom. The van der Waals surface area contributed by atoms with E-state index in [0.29, 0.717) is 24.5 Å². The van der Waals surface area contributed by atoms with Crippen LogP contribution in [0, 0.1) is 0 Å². The van der Waals surface area contributed by atoms with E-state index >= 15 is 0 Å². The Balaban J connectivity index is 1.53. The van der Waals surface area contributed by atoms with Crippen LogP contribution in [-0.2, 0) is 6.61 Å². The van der Waals surface area contributed by atoms with Crippen LogP contribution in [0.15, 0.2) is 96.6 Å². The average Bonchev–Trinajstić information content (AvgIpc) is 2.77. The minimum absolute atomic E-state index is 0.298. The molecule has 0 aliphatic carbocycles. The highest BCUT2D eigenvalue weighted by atomic mass is 16.5. The number of ether oxygens (including phenoxy) is 2. The highest BCUT2D eigenvalue weighted by Crippen LogP contribution is 2.14. The zero-order chi connectivity index (χ0) is 20.3. The molecule has 0 radical (unpaired) electrons. The first-order valence-electron chi connectivity index (χ1n) is 9.18. The summed E-state index contributed by atoms with van der Waals surface area (Å²) in [5.41, 5.74) is 4.93. The van der Waals surface area contributed by atoms with Crippen molar-refractivity contribution < 1.29 is 14.3 Å². The monoisotopic (exact) mass is 386 g/mol. The van der Waals surface area contributed by atoms with Gasteiger partial charge in [0.05, 0.1) is 6.21 Å². The molecule has 3 aromatic carbocycles. The van der Waals surface area contributed by atoms with Crippen molar-refractivity contribution in [2.45, 2.75) is 6.61 Å². The topological polar surface area (TPSA) is 59.9 Å². The van der Waals surface area contributed by atoms with E-state index in [1.165, 1.54) is 0 Å². The molecule has 0 heterocycles. The second-order valence-corrected chi connectivity index (χ2v) is 6.17. The van der Waals surface area contributed by atoms with E-state index in [1.54, 1.807) is 36.6 Å². The summed E-state index contributed by atoms with van der Waals surface area (Å²) in [6, 6.07) is 24.3. The molecule has 29 heavy (non-hydrogen) atoms. The van der Waals surface area contributed by atoms with Crippen LogP contribution in [-0.4, -0.2) is 18.7 Å². The lowest BCUT2D eigenvalue weighted by Crippen LogP contribution is -2.17. The number of nitrogens with zero attached hydrogens (tertiary/aromatic N) is 1. The van der Waals surface area contributed by atoms with Gasteiger partial charge in [-0.1, -0.05) is 55.1 Å². The number of carbonyl (C=O) groups excluding carboxylic acids is 1. The van der Waals surface area contributed by atoms with Gasteiger partial charge in [-0.25, -0.2) is 5.43 Å². The van der Waals surface area contributed by atoms with Gasteiger partial charge in [-0.05, 0) is 47.5 Å². The molecular weight excluding hydrogens is 364 g/mol. The highest BCUT2D eigenvalue weighted by molar-refractivity contribution is 5.95. The zero-order valence-corrected chi connectivity index (χ0v) is 16.0. The van der Waals surface area contributed by atoms with Crippen LogP contribution < -0.4 is 14.9 Å². The molecule has 5 heteroatoms. The predicted octanol–water partition coefficient (Wildman–Crippen LogP) is 4.59. The number of rotatable bonds is 9. The fraction of sp³-hybridized carbons (Fsp3) is 0.0833. The molecule has 0 aliphatic rings. The number of benzene rings is 3. The van der Waals surface area contributed by atoms with Crippen molar-refractivity contribution in [1.29, 1.82) is 0 Å². The molecule has 0 bridgehead atoms. The van der Waals surface area contributed by atoms with E-state index in [1.807, 2.05) is 54.6 Å². The minimum Gasteiger partial charge on any atom is -0.490 e. The molecular formula is C24H22N2O3. The van der Waals surface area contributed by atoms with E-state index in [-0.39, 0.29) is 5.91 Å². The van der Waals surface area contributed by atoms with Gasteiger partial charge in [0, 0.05) is 5.56 Å². The van der Waals surface area contributed by atoms with Gasteiger partial charge in [0.2, 0.25) is 0 Å². The van der Waals surface area contributed by atoms with Crippen molar-refractivity contribution in [3.05, 3.63) is 108 Å². The smallest absolute Gasteiger partial charge is 0.271 e. The van der Waals surface area contributed by atoms with Gasteiger partial charge in [-0.15, -0.1) is 0 Å². The van der Waals surface area contributed by atoms with Gasteiger partial charge in [0.1, 0.15) is 24.7 Å². The van der Waals surface area contributed by atoms with Gasteiger partial charge in [0.25, 0.3) is 5.91 Å². The second kappa shape index (κ2) is 10.5. The second-order valence-electron chi connectivity index (χ2n) is 6.17. The standard InChI is InChI=1S/C24H22N2O3/c1-2-15-28-22-13-11-21(12-14-22)24(27)26-25-17-20-9-6-10-23(16-20)29-18-19-7-4-3-5-8-19/h2-14,16-17H,1,15,18H2,(H,26,27)/b25-17-. The Bertz CT molecular complexity index is 967. The minimum atomic E-state index is -0.298. The molecule has 0 fully saturated rings. The molecule has 0 saturated carbocycles.